The van der Waals surface area contributed by atoms with E-state index in [0.29, 0.717) is 6.42 Å². The van der Waals surface area contributed by atoms with E-state index in [1.54, 1.807) is 0 Å². The molecule has 0 heterocycles. The summed E-state index contributed by atoms with van der Waals surface area (Å²) in [6, 6.07) is 0. The van der Waals surface area contributed by atoms with E-state index in [4.69, 9.17) is 0 Å². The van der Waals surface area contributed by atoms with Crippen LogP contribution < -0.4 is 34.7 Å². The quantitative estimate of drug-likeness (QED) is 0.272. The van der Waals surface area contributed by atoms with Crippen molar-refractivity contribution in [2.24, 2.45) is 0 Å². The zero-order valence-electron chi connectivity index (χ0n) is 6.14. The van der Waals surface area contributed by atoms with E-state index in [-0.39, 0.29) is 34.6 Å². The van der Waals surface area contributed by atoms with Crippen LogP contribution in [-0.4, -0.2) is 5.05 Å². The second-order valence-corrected chi connectivity index (χ2v) is 2.28. The van der Waals surface area contributed by atoms with Crippen molar-refractivity contribution in [3.05, 3.63) is 0 Å². The molecule has 0 amide bonds. The average molecular weight is 154 g/mol. The van der Waals surface area contributed by atoms with Crippen molar-refractivity contribution in [2.75, 3.05) is 0 Å². The molecule has 0 fully saturated rings. The summed E-state index contributed by atoms with van der Waals surface area (Å²) in [7, 11) is 0. The molecule has 0 aromatic rings. The van der Waals surface area contributed by atoms with Crippen LogP contribution in [0.4, 0.5) is 0 Å². The monoisotopic (exact) mass is 154 g/mol. The van der Waals surface area contributed by atoms with Crippen molar-refractivity contribution < 1.29 is 34.7 Å². The molecule has 0 N–H and O–H groups in total. The number of rotatable bonds is 4. The van der Waals surface area contributed by atoms with Crippen molar-refractivity contribution in [1.29, 1.82) is 0 Å². The predicted molar refractivity (Wildman–Crippen MR) is 36.7 cm³/mol. The smallest absolute Gasteiger partial charge is 0.867 e. The molecular formula is C6H11NaOS. The zero-order chi connectivity index (χ0) is 6.41. The minimum Gasteiger partial charge on any atom is -0.867 e. The van der Waals surface area contributed by atoms with Crippen molar-refractivity contribution in [1.82, 2.24) is 0 Å². The van der Waals surface area contributed by atoms with Gasteiger partial charge in [0.1, 0.15) is 0 Å². The topological polar surface area (TPSA) is 23.1 Å². The Kier molecular flexibility index (Phi) is 12.4. The van der Waals surface area contributed by atoms with Gasteiger partial charge in [-0.3, -0.25) is 0 Å². The minimum atomic E-state index is -0.0987. The number of hydrogen-bond donors (Lipinski definition) is 0. The molecule has 0 unspecified atom stereocenters. The van der Waals surface area contributed by atoms with Crippen LogP contribution in [0.3, 0.4) is 0 Å². The standard InChI is InChI=1S/C6H12OS.Na/c1-2-3-4-5-6(7)8;/h2-5H2,1H3,(H,7,8);/q;+1/p-1. The van der Waals surface area contributed by atoms with Crippen LogP contribution in [0.2, 0.25) is 0 Å². The van der Waals surface area contributed by atoms with Crippen LogP contribution in [0.5, 0.6) is 0 Å². The van der Waals surface area contributed by atoms with Crippen LogP contribution in [0.1, 0.15) is 32.6 Å². The van der Waals surface area contributed by atoms with Crippen LogP contribution in [0, 0.1) is 0 Å². The van der Waals surface area contributed by atoms with Crippen LogP contribution in [-0.2, 0) is 0 Å². The Bertz CT molecular complexity index is 75.5. The van der Waals surface area contributed by atoms with Crippen LogP contribution in [0.25, 0.3) is 0 Å². The summed E-state index contributed by atoms with van der Waals surface area (Å²) in [4.78, 5) is 0. The maximum Gasteiger partial charge on any atom is 1.00 e. The zero-order valence-corrected chi connectivity index (χ0v) is 8.96. The molecule has 0 aromatic heterocycles. The Hall–Kier alpha value is 0.890. The van der Waals surface area contributed by atoms with Gasteiger partial charge in [0.2, 0.25) is 0 Å². The van der Waals surface area contributed by atoms with E-state index in [1.165, 1.54) is 0 Å². The van der Waals surface area contributed by atoms with Gasteiger partial charge in [0, 0.05) is 0 Å². The molecule has 0 radical (unpaired) electrons. The molecule has 0 saturated carbocycles. The number of thiocarbonyl (C=S) groups is 1. The molecule has 0 aliphatic heterocycles. The predicted octanol–water partition coefficient (Wildman–Crippen LogP) is -1.74. The Balaban J connectivity index is 0. The minimum absolute atomic E-state index is 0. The van der Waals surface area contributed by atoms with Gasteiger partial charge in [0.15, 0.2) is 0 Å². The van der Waals surface area contributed by atoms with Crippen LogP contribution >= 0.6 is 12.2 Å². The van der Waals surface area contributed by atoms with Gasteiger partial charge in [-0.25, -0.2) is 0 Å². The normalized spacial score (nSPS) is 8.11. The molecule has 0 aliphatic carbocycles. The van der Waals surface area contributed by atoms with Gasteiger partial charge in [-0.2, -0.15) is 0 Å². The maximum absolute atomic E-state index is 10.1. The Morgan fingerprint density at radius 3 is 2.33 bits per heavy atom. The molecule has 0 rings (SSSR count). The molecule has 0 spiro atoms. The second kappa shape index (κ2) is 8.89. The summed E-state index contributed by atoms with van der Waals surface area (Å²) in [6.07, 6.45) is 3.84. The first-order valence-corrected chi connectivity index (χ1v) is 3.38. The largest absolute Gasteiger partial charge is 1.00 e. The summed E-state index contributed by atoms with van der Waals surface area (Å²) in [5, 5.41) is 10.0. The Morgan fingerprint density at radius 2 is 2.00 bits per heavy atom. The van der Waals surface area contributed by atoms with E-state index < -0.39 is 0 Å². The first-order valence-electron chi connectivity index (χ1n) is 2.97. The van der Waals surface area contributed by atoms with Gasteiger partial charge >= 0.3 is 29.6 Å². The van der Waals surface area contributed by atoms with E-state index in [1.807, 2.05) is 0 Å². The molecular weight excluding hydrogens is 143 g/mol. The van der Waals surface area contributed by atoms with Crippen molar-refractivity contribution in [3.8, 4) is 0 Å². The SMILES string of the molecule is CCCCCC([O-])=S.[Na+]. The third-order valence-electron chi connectivity index (χ3n) is 0.984. The summed E-state index contributed by atoms with van der Waals surface area (Å²) < 4.78 is 0. The summed E-state index contributed by atoms with van der Waals surface area (Å²) in [5.41, 5.74) is 0. The van der Waals surface area contributed by atoms with E-state index >= 15 is 0 Å². The summed E-state index contributed by atoms with van der Waals surface area (Å²) >= 11 is 4.35. The fourth-order valence-corrected chi connectivity index (χ4v) is 0.664. The average Bonchev–Trinajstić information content (AvgIpc) is 1.66. The molecule has 1 nitrogen and oxygen atoms in total. The fraction of sp³-hybridized carbons (Fsp3) is 0.833. The third kappa shape index (κ3) is 12.2. The van der Waals surface area contributed by atoms with Gasteiger partial charge in [-0.1, -0.05) is 24.8 Å². The number of unbranched alkanes of at least 4 members (excludes halogenated alkanes) is 2. The molecule has 3 heteroatoms. The van der Waals surface area contributed by atoms with E-state index in [9.17, 15) is 5.11 Å². The fourth-order valence-electron chi connectivity index (χ4n) is 0.519. The molecule has 48 valence electrons. The molecule has 9 heavy (non-hydrogen) atoms. The summed E-state index contributed by atoms with van der Waals surface area (Å²) in [5.74, 6) is 0. The van der Waals surface area contributed by atoms with Gasteiger partial charge < -0.3 is 5.11 Å². The van der Waals surface area contributed by atoms with Gasteiger partial charge in [-0.15, -0.1) is 12.2 Å². The maximum atomic E-state index is 10.1. The van der Waals surface area contributed by atoms with Gasteiger partial charge in [0.25, 0.3) is 0 Å². The first kappa shape index (κ1) is 12.6. The molecule has 0 bridgehead atoms. The number of hydrogen-bond acceptors (Lipinski definition) is 2. The van der Waals surface area contributed by atoms with Crippen molar-refractivity contribution in [3.63, 3.8) is 0 Å². The van der Waals surface area contributed by atoms with E-state index in [2.05, 4.69) is 19.1 Å². The summed E-state index contributed by atoms with van der Waals surface area (Å²) in [6.45, 7) is 2.11. The molecule has 0 aliphatic rings. The van der Waals surface area contributed by atoms with E-state index in [0.717, 1.165) is 19.3 Å². The second-order valence-electron chi connectivity index (χ2n) is 1.83. The third-order valence-corrected chi connectivity index (χ3v) is 1.19. The van der Waals surface area contributed by atoms with Gasteiger partial charge in [-0.05, 0) is 12.8 Å². The Morgan fingerprint density at radius 1 is 1.44 bits per heavy atom. The first-order chi connectivity index (χ1) is 3.77. The molecule has 0 atom stereocenters. The Labute approximate surface area is 84.1 Å². The van der Waals surface area contributed by atoms with Gasteiger partial charge in [0.05, 0.1) is 0 Å². The van der Waals surface area contributed by atoms with Crippen molar-refractivity contribution >= 4 is 17.3 Å². The van der Waals surface area contributed by atoms with Crippen LogP contribution in [0.15, 0.2) is 0 Å². The molecule has 0 aromatic carbocycles. The van der Waals surface area contributed by atoms with Crippen molar-refractivity contribution in [2.45, 2.75) is 32.6 Å². The molecule has 0 saturated heterocycles.